The summed E-state index contributed by atoms with van der Waals surface area (Å²) in [7, 11) is 0. The molecular formula is C31H38F4O3. The number of hydrogen-bond donors (Lipinski definition) is 0. The highest BCUT2D eigenvalue weighted by Gasteiger charge is 2.36. The summed E-state index contributed by atoms with van der Waals surface area (Å²) in [6.07, 6.45) is 10.2. The monoisotopic (exact) mass is 534 g/mol. The summed E-state index contributed by atoms with van der Waals surface area (Å²) in [4.78, 5) is 12.5. The molecular weight excluding hydrogens is 496 g/mol. The molecule has 2 aliphatic rings. The van der Waals surface area contributed by atoms with Crippen LogP contribution in [0.15, 0.2) is 42.5 Å². The van der Waals surface area contributed by atoms with E-state index in [-0.39, 0.29) is 17.2 Å². The van der Waals surface area contributed by atoms with Crippen LogP contribution in [0.1, 0.15) is 106 Å². The molecule has 2 aliphatic carbocycles. The number of ether oxygens (including phenoxy) is 2. The third-order valence-electron chi connectivity index (χ3n) is 8.38. The van der Waals surface area contributed by atoms with Crippen LogP contribution in [-0.4, -0.2) is 12.3 Å². The molecule has 7 heteroatoms. The molecule has 3 nitrogen and oxygen atoms in total. The van der Waals surface area contributed by atoms with Crippen molar-refractivity contribution in [3.05, 3.63) is 59.4 Å². The van der Waals surface area contributed by atoms with E-state index in [9.17, 15) is 18.0 Å². The van der Waals surface area contributed by atoms with E-state index < -0.39 is 23.9 Å². The lowest BCUT2D eigenvalue weighted by Crippen LogP contribution is -2.30. The van der Waals surface area contributed by atoms with Gasteiger partial charge in [0.15, 0.2) is 0 Å². The molecule has 0 saturated heterocycles. The lowest BCUT2D eigenvalue weighted by atomic mass is 9.63. The molecule has 38 heavy (non-hydrogen) atoms. The van der Waals surface area contributed by atoms with Gasteiger partial charge in [0, 0.05) is 0 Å². The van der Waals surface area contributed by atoms with Gasteiger partial charge >= 0.3 is 12.3 Å². The molecule has 2 saturated carbocycles. The Kier molecular flexibility index (Phi) is 9.72. The van der Waals surface area contributed by atoms with Crippen molar-refractivity contribution in [2.24, 2.45) is 17.8 Å². The van der Waals surface area contributed by atoms with Crippen LogP contribution in [0.2, 0.25) is 0 Å². The van der Waals surface area contributed by atoms with Gasteiger partial charge < -0.3 is 9.47 Å². The van der Waals surface area contributed by atoms with E-state index in [1.165, 1.54) is 76.0 Å². The number of hydrogen-bond acceptors (Lipinski definition) is 3. The van der Waals surface area contributed by atoms with Gasteiger partial charge in [-0.05, 0) is 97.7 Å². The van der Waals surface area contributed by atoms with Crippen LogP contribution in [0.4, 0.5) is 17.6 Å². The highest BCUT2D eigenvalue weighted by Crippen LogP contribution is 2.48. The predicted octanol–water partition coefficient (Wildman–Crippen LogP) is 9.60. The Morgan fingerprint density at radius 1 is 0.868 bits per heavy atom. The second-order valence-electron chi connectivity index (χ2n) is 11.1. The molecule has 0 radical (unpaired) electrons. The fourth-order valence-electron chi connectivity index (χ4n) is 6.43. The summed E-state index contributed by atoms with van der Waals surface area (Å²) in [6, 6.07) is 8.98. The molecule has 2 aromatic rings. The molecule has 208 valence electrons. The van der Waals surface area contributed by atoms with E-state index in [0.717, 1.165) is 43.2 Å². The minimum atomic E-state index is -4.80. The van der Waals surface area contributed by atoms with Gasteiger partial charge in [-0.15, -0.1) is 13.2 Å². The van der Waals surface area contributed by atoms with Gasteiger partial charge in [-0.3, -0.25) is 0 Å². The van der Waals surface area contributed by atoms with E-state index in [0.29, 0.717) is 11.5 Å². The summed E-state index contributed by atoms with van der Waals surface area (Å²) in [5.41, 5.74) is 0.724. The van der Waals surface area contributed by atoms with Crippen molar-refractivity contribution in [2.45, 2.75) is 96.3 Å². The summed E-state index contributed by atoms with van der Waals surface area (Å²) in [5.74, 6) is 0.874. The number of benzene rings is 2. The number of carbonyl (C=O) groups is 1. The standard InChI is InChI=1S/C31H38F4O3/c1-2-3-4-5-6-7-21-8-9-23-19-24(11-10-22(23)18-21)28-17-12-25(20-29(28)32)30(36)37-26-13-15-27(16-14-26)38-31(33,34)35/h12-17,20-24H,2-11,18-19H2,1H3. The minimum absolute atomic E-state index is 0.0453. The summed E-state index contributed by atoms with van der Waals surface area (Å²) >= 11 is 0. The fourth-order valence-corrected chi connectivity index (χ4v) is 6.43. The van der Waals surface area contributed by atoms with Crippen molar-refractivity contribution in [3.8, 4) is 11.5 Å². The van der Waals surface area contributed by atoms with Gasteiger partial charge in [0.05, 0.1) is 5.56 Å². The van der Waals surface area contributed by atoms with Gasteiger partial charge in [0.2, 0.25) is 0 Å². The van der Waals surface area contributed by atoms with Crippen LogP contribution in [0.25, 0.3) is 0 Å². The molecule has 0 aliphatic heterocycles. The highest BCUT2D eigenvalue weighted by atomic mass is 19.4. The van der Waals surface area contributed by atoms with Gasteiger partial charge in [-0.1, -0.05) is 57.9 Å². The molecule has 4 rings (SSSR count). The Hall–Kier alpha value is -2.57. The van der Waals surface area contributed by atoms with Crippen molar-refractivity contribution < 1.29 is 31.8 Å². The number of esters is 1. The molecule has 4 atom stereocenters. The normalized spacial score (nSPS) is 23.5. The maximum absolute atomic E-state index is 15.1. The minimum Gasteiger partial charge on any atom is -0.423 e. The van der Waals surface area contributed by atoms with Crippen LogP contribution in [0, 0.1) is 23.6 Å². The van der Waals surface area contributed by atoms with Crippen LogP contribution in [0.3, 0.4) is 0 Å². The fraction of sp³-hybridized carbons (Fsp3) is 0.581. The zero-order valence-corrected chi connectivity index (χ0v) is 22.1. The van der Waals surface area contributed by atoms with Crippen molar-refractivity contribution in [2.75, 3.05) is 0 Å². The summed E-state index contributed by atoms with van der Waals surface area (Å²) < 4.78 is 61.1. The zero-order valence-electron chi connectivity index (χ0n) is 22.1. The molecule has 0 aromatic heterocycles. The predicted molar refractivity (Wildman–Crippen MR) is 139 cm³/mol. The van der Waals surface area contributed by atoms with E-state index in [1.807, 2.05) is 0 Å². The second-order valence-corrected chi connectivity index (χ2v) is 11.1. The van der Waals surface area contributed by atoms with E-state index in [4.69, 9.17) is 4.74 Å². The Balaban J connectivity index is 1.28. The average molecular weight is 535 g/mol. The lowest BCUT2D eigenvalue weighted by molar-refractivity contribution is -0.274. The molecule has 0 spiro atoms. The number of rotatable bonds is 10. The molecule has 0 amide bonds. The second kappa shape index (κ2) is 13.0. The number of carbonyl (C=O) groups excluding carboxylic acids is 1. The molecule has 0 bridgehead atoms. The Bertz CT molecular complexity index is 1050. The van der Waals surface area contributed by atoms with Gasteiger partial charge in [-0.2, -0.15) is 0 Å². The largest absolute Gasteiger partial charge is 0.573 e. The van der Waals surface area contributed by atoms with E-state index in [1.54, 1.807) is 12.1 Å². The Morgan fingerprint density at radius 2 is 1.55 bits per heavy atom. The first kappa shape index (κ1) is 28.4. The first-order valence-corrected chi connectivity index (χ1v) is 14.1. The van der Waals surface area contributed by atoms with Crippen molar-refractivity contribution in [3.63, 3.8) is 0 Å². The van der Waals surface area contributed by atoms with Crippen LogP contribution in [0.5, 0.6) is 11.5 Å². The van der Waals surface area contributed by atoms with E-state index >= 15 is 4.39 Å². The quantitative estimate of drug-likeness (QED) is 0.132. The summed E-state index contributed by atoms with van der Waals surface area (Å²) in [6.45, 7) is 2.25. The van der Waals surface area contributed by atoms with Crippen molar-refractivity contribution in [1.29, 1.82) is 0 Å². The Morgan fingerprint density at radius 3 is 2.26 bits per heavy atom. The van der Waals surface area contributed by atoms with Crippen LogP contribution in [-0.2, 0) is 0 Å². The number of unbranched alkanes of at least 4 members (excludes halogenated alkanes) is 4. The van der Waals surface area contributed by atoms with Gasteiger partial charge in [-0.25, -0.2) is 9.18 Å². The summed E-state index contributed by atoms with van der Waals surface area (Å²) in [5, 5.41) is 0. The number of alkyl halides is 3. The van der Waals surface area contributed by atoms with Crippen LogP contribution >= 0.6 is 0 Å². The molecule has 2 fully saturated rings. The third-order valence-corrected chi connectivity index (χ3v) is 8.38. The maximum Gasteiger partial charge on any atom is 0.573 e. The average Bonchev–Trinajstić information content (AvgIpc) is 2.88. The molecule has 0 heterocycles. The first-order valence-electron chi connectivity index (χ1n) is 14.1. The topological polar surface area (TPSA) is 35.5 Å². The van der Waals surface area contributed by atoms with Crippen LogP contribution < -0.4 is 9.47 Å². The molecule has 4 unspecified atom stereocenters. The number of halogens is 4. The molecule has 0 N–H and O–H groups in total. The lowest BCUT2D eigenvalue weighted by Gasteiger charge is -2.42. The van der Waals surface area contributed by atoms with Gasteiger partial charge in [0.1, 0.15) is 17.3 Å². The number of fused-ring (bicyclic) bond motifs is 1. The third kappa shape index (κ3) is 7.97. The SMILES string of the molecule is CCCCCCCC1CCC2CC(c3ccc(C(=O)Oc4ccc(OC(F)(F)F)cc4)cc3F)CCC2C1. The van der Waals surface area contributed by atoms with Crippen molar-refractivity contribution >= 4 is 5.97 Å². The Labute approximate surface area is 222 Å². The van der Waals surface area contributed by atoms with Gasteiger partial charge in [0.25, 0.3) is 0 Å². The maximum atomic E-state index is 15.1. The zero-order chi connectivity index (χ0) is 27.1. The smallest absolute Gasteiger partial charge is 0.423 e. The first-order chi connectivity index (χ1) is 18.2. The molecule has 2 aromatic carbocycles. The highest BCUT2D eigenvalue weighted by molar-refractivity contribution is 5.91. The van der Waals surface area contributed by atoms with E-state index in [2.05, 4.69) is 11.7 Å². The van der Waals surface area contributed by atoms with Crippen molar-refractivity contribution in [1.82, 2.24) is 0 Å².